The Hall–Kier alpha value is -4.93. The molecule has 37 heavy (non-hydrogen) atoms. The van der Waals surface area contributed by atoms with Gasteiger partial charge in [-0.05, 0) is 79.7 Å². The first kappa shape index (κ1) is 25.2. The van der Waals surface area contributed by atoms with E-state index >= 15 is 0 Å². The van der Waals surface area contributed by atoms with Crippen molar-refractivity contribution in [3.63, 3.8) is 0 Å². The van der Waals surface area contributed by atoms with Crippen LogP contribution >= 0.6 is 0 Å². The van der Waals surface area contributed by atoms with Gasteiger partial charge in [0.1, 0.15) is 23.4 Å². The van der Waals surface area contributed by atoms with Crippen molar-refractivity contribution in [2.45, 2.75) is 13.0 Å². The standard InChI is InChI=1S/C26H26FN7O3/c1-16(23(35)29-18-6-4-17(27)5-7-18)28-24-32-25(30-19-8-12-21(36-2)13-9-19)34-26(33-24)31-20-10-14-22(37-3)15-11-20/h4-16H,1-3H3,(H,29,35)(H3,28,30,31,32,33,34). The molecule has 0 aliphatic carbocycles. The molecule has 0 spiro atoms. The molecule has 190 valence electrons. The van der Waals surface area contributed by atoms with Crippen LogP contribution in [0.5, 0.6) is 11.5 Å². The number of hydrogen-bond donors (Lipinski definition) is 4. The zero-order valence-corrected chi connectivity index (χ0v) is 20.4. The van der Waals surface area contributed by atoms with Gasteiger partial charge in [-0.1, -0.05) is 0 Å². The van der Waals surface area contributed by atoms with Crippen LogP contribution in [0, 0.1) is 5.82 Å². The maximum Gasteiger partial charge on any atom is 0.246 e. The van der Waals surface area contributed by atoms with Crippen molar-refractivity contribution in [2.75, 3.05) is 35.5 Å². The van der Waals surface area contributed by atoms with E-state index in [1.807, 2.05) is 24.3 Å². The van der Waals surface area contributed by atoms with Crippen molar-refractivity contribution in [3.05, 3.63) is 78.6 Å². The van der Waals surface area contributed by atoms with Crippen LogP contribution in [0.3, 0.4) is 0 Å². The van der Waals surface area contributed by atoms with Gasteiger partial charge in [-0.2, -0.15) is 15.0 Å². The molecule has 0 aliphatic heterocycles. The molecular weight excluding hydrogens is 477 g/mol. The lowest BCUT2D eigenvalue weighted by atomic mass is 10.2. The third-order valence-corrected chi connectivity index (χ3v) is 5.18. The Labute approximate surface area is 213 Å². The van der Waals surface area contributed by atoms with Crippen LogP contribution in [-0.2, 0) is 4.79 Å². The molecule has 1 amide bonds. The molecule has 11 heteroatoms. The van der Waals surface area contributed by atoms with Crippen molar-refractivity contribution >= 4 is 40.8 Å². The molecule has 4 N–H and O–H groups in total. The first-order valence-electron chi connectivity index (χ1n) is 11.3. The van der Waals surface area contributed by atoms with Gasteiger partial charge in [-0.15, -0.1) is 0 Å². The van der Waals surface area contributed by atoms with Gasteiger partial charge in [0.05, 0.1) is 14.2 Å². The second-order valence-corrected chi connectivity index (χ2v) is 7.88. The van der Waals surface area contributed by atoms with Crippen LogP contribution < -0.4 is 30.7 Å². The number of rotatable bonds is 10. The number of nitrogens with one attached hydrogen (secondary N) is 4. The van der Waals surface area contributed by atoms with Crippen LogP contribution in [0.4, 0.5) is 39.3 Å². The maximum absolute atomic E-state index is 13.2. The summed E-state index contributed by atoms with van der Waals surface area (Å²) in [4.78, 5) is 26.0. The number of amides is 1. The number of ether oxygens (including phenoxy) is 2. The fourth-order valence-corrected chi connectivity index (χ4v) is 3.20. The van der Waals surface area contributed by atoms with Gasteiger partial charge in [0.25, 0.3) is 0 Å². The molecule has 0 aliphatic rings. The number of halogens is 1. The van der Waals surface area contributed by atoms with Crippen LogP contribution in [0.25, 0.3) is 0 Å². The van der Waals surface area contributed by atoms with Crippen LogP contribution in [-0.4, -0.2) is 41.1 Å². The minimum absolute atomic E-state index is 0.170. The molecule has 4 aromatic rings. The number of anilines is 6. The Balaban J connectivity index is 1.54. The molecule has 1 aromatic heterocycles. The van der Waals surface area contributed by atoms with Crippen molar-refractivity contribution in [2.24, 2.45) is 0 Å². The lowest BCUT2D eigenvalue weighted by Gasteiger charge is -2.16. The monoisotopic (exact) mass is 503 g/mol. The van der Waals surface area contributed by atoms with Gasteiger partial charge in [-0.25, -0.2) is 4.39 Å². The lowest BCUT2D eigenvalue weighted by Crippen LogP contribution is -2.32. The Bertz CT molecular complexity index is 1270. The maximum atomic E-state index is 13.2. The van der Waals surface area contributed by atoms with Crippen LogP contribution in [0.2, 0.25) is 0 Å². The average molecular weight is 504 g/mol. The van der Waals surface area contributed by atoms with Crippen LogP contribution in [0.15, 0.2) is 72.8 Å². The number of hydrogen-bond acceptors (Lipinski definition) is 9. The second-order valence-electron chi connectivity index (χ2n) is 7.88. The minimum Gasteiger partial charge on any atom is -0.497 e. The van der Waals surface area contributed by atoms with E-state index < -0.39 is 6.04 Å². The summed E-state index contributed by atoms with van der Waals surface area (Å²) in [6, 6.07) is 19.3. The molecule has 10 nitrogen and oxygen atoms in total. The molecule has 0 radical (unpaired) electrons. The van der Waals surface area contributed by atoms with Crippen molar-refractivity contribution in [1.29, 1.82) is 0 Å². The Morgan fingerprint density at radius 3 is 1.59 bits per heavy atom. The van der Waals surface area contributed by atoms with Crippen LogP contribution in [0.1, 0.15) is 6.92 Å². The molecule has 0 saturated carbocycles. The number of benzene rings is 3. The highest BCUT2D eigenvalue weighted by atomic mass is 19.1. The zero-order chi connectivity index (χ0) is 26.2. The smallest absolute Gasteiger partial charge is 0.246 e. The molecule has 0 saturated heterocycles. The van der Waals surface area contributed by atoms with Gasteiger partial charge in [0.15, 0.2) is 0 Å². The van der Waals surface area contributed by atoms with E-state index in [9.17, 15) is 9.18 Å². The van der Waals surface area contributed by atoms with Crippen molar-refractivity contribution < 1.29 is 18.7 Å². The van der Waals surface area contributed by atoms with Gasteiger partial charge < -0.3 is 30.7 Å². The van der Waals surface area contributed by atoms with Crippen molar-refractivity contribution in [3.8, 4) is 11.5 Å². The number of carbonyl (C=O) groups is 1. The average Bonchev–Trinajstić information content (AvgIpc) is 2.90. The first-order valence-corrected chi connectivity index (χ1v) is 11.3. The predicted octanol–water partition coefficient (Wildman–Crippen LogP) is 4.95. The summed E-state index contributed by atoms with van der Waals surface area (Å²) < 4.78 is 23.6. The van der Waals surface area contributed by atoms with E-state index in [0.29, 0.717) is 17.2 Å². The summed E-state index contributed by atoms with van der Waals surface area (Å²) in [7, 11) is 3.19. The molecule has 1 unspecified atom stereocenters. The fraction of sp³-hybridized carbons (Fsp3) is 0.154. The zero-order valence-electron chi connectivity index (χ0n) is 20.4. The van der Waals surface area contributed by atoms with E-state index in [1.54, 1.807) is 45.4 Å². The first-order chi connectivity index (χ1) is 17.9. The molecule has 4 rings (SSSR count). The minimum atomic E-state index is -0.713. The quantitative estimate of drug-likeness (QED) is 0.238. The highest BCUT2D eigenvalue weighted by Gasteiger charge is 2.16. The van der Waals surface area contributed by atoms with Crippen molar-refractivity contribution in [1.82, 2.24) is 15.0 Å². The number of carbonyl (C=O) groups excluding carboxylic acids is 1. The summed E-state index contributed by atoms with van der Waals surface area (Å²) in [5, 5.41) is 12.0. The molecule has 0 bridgehead atoms. The molecule has 1 atom stereocenters. The highest BCUT2D eigenvalue weighted by Crippen LogP contribution is 2.22. The molecule has 0 fully saturated rings. The number of aromatic nitrogens is 3. The van der Waals surface area contributed by atoms with E-state index in [2.05, 4.69) is 36.2 Å². The summed E-state index contributed by atoms with van der Waals surface area (Å²) in [5.74, 6) is 1.38. The third-order valence-electron chi connectivity index (χ3n) is 5.18. The summed E-state index contributed by atoms with van der Waals surface area (Å²) >= 11 is 0. The van der Waals surface area contributed by atoms with E-state index in [1.165, 1.54) is 24.3 Å². The summed E-state index contributed by atoms with van der Waals surface area (Å²) in [6.07, 6.45) is 0. The molecule has 3 aromatic carbocycles. The lowest BCUT2D eigenvalue weighted by molar-refractivity contribution is -0.116. The SMILES string of the molecule is COc1ccc(Nc2nc(Nc3ccc(OC)cc3)nc(NC(C)C(=O)Nc3ccc(F)cc3)n2)cc1. The highest BCUT2D eigenvalue weighted by molar-refractivity contribution is 5.96. The topological polar surface area (TPSA) is 122 Å². The predicted molar refractivity (Wildman–Crippen MR) is 140 cm³/mol. The summed E-state index contributed by atoms with van der Waals surface area (Å²) in [6.45, 7) is 1.66. The normalized spacial score (nSPS) is 11.2. The van der Waals surface area contributed by atoms with Gasteiger partial charge in [0, 0.05) is 17.1 Å². The molecule has 1 heterocycles. The van der Waals surface area contributed by atoms with Gasteiger partial charge >= 0.3 is 0 Å². The van der Waals surface area contributed by atoms with E-state index in [4.69, 9.17) is 9.47 Å². The van der Waals surface area contributed by atoms with Gasteiger partial charge in [-0.3, -0.25) is 4.79 Å². The Morgan fingerprint density at radius 1 is 0.703 bits per heavy atom. The summed E-state index contributed by atoms with van der Waals surface area (Å²) in [5.41, 5.74) is 1.94. The largest absolute Gasteiger partial charge is 0.497 e. The Kier molecular flexibility index (Phi) is 7.94. The van der Waals surface area contributed by atoms with E-state index in [0.717, 1.165) is 11.4 Å². The second kappa shape index (κ2) is 11.7. The van der Waals surface area contributed by atoms with Gasteiger partial charge in [0.2, 0.25) is 23.8 Å². The number of methoxy groups -OCH3 is 2. The molecular formula is C26H26FN7O3. The Morgan fingerprint density at radius 2 is 1.14 bits per heavy atom. The number of nitrogens with zero attached hydrogens (tertiary/aromatic N) is 3. The fourth-order valence-electron chi connectivity index (χ4n) is 3.20. The van der Waals surface area contributed by atoms with E-state index in [-0.39, 0.29) is 29.6 Å². The third kappa shape index (κ3) is 7.04.